The number of hydrogen-bond acceptors (Lipinski definition) is 5. The Labute approximate surface area is 150 Å². The number of nitrogens with zero attached hydrogens (tertiary/aromatic N) is 3. The highest BCUT2D eigenvalue weighted by molar-refractivity contribution is 5.77. The fourth-order valence-electron chi connectivity index (χ4n) is 2.53. The second-order valence-electron chi connectivity index (χ2n) is 5.90. The van der Waals surface area contributed by atoms with Crippen LogP contribution in [-0.4, -0.2) is 34.1 Å². The monoisotopic (exact) mass is 352 g/mol. The maximum Gasteiger partial charge on any atom is 0.277 e. The summed E-state index contributed by atoms with van der Waals surface area (Å²) in [5.41, 5.74) is 1.42. The average Bonchev–Trinajstić information content (AvgIpc) is 2.65. The number of ether oxygens (including phenoxy) is 1. The summed E-state index contributed by atoms with van der Waals surface area (Å²) in [7, 11) is 0. The molecule has 0 saturated carbocycles. The first-order chi connectivity index (χ1) is 12.6. The second kappa shape index (κ2) is 8.24. The number of aromatic nitrogens is 3. The number of hydrogen-bond donors (Lipinski definition) is 1. The third-order valence-corrected chi connectivity index (χ3v) is 3.86. The van der Waals surface area contributed by atoms with Gasteiger partial charge in [-0.1, -0.05) is 29.5 Å². The van der Waals surface area contributed by atoms with Crippen molar-refractivity contribution < 1.29 is 9.53 Å². The zero-order valence-electron chi connectivity index (χ0n) is 14.5. The van der Waals surface area contributed by atoms with E-state index in [0.29, 0.717) is 24.1 Å². The number of nitrogens with one attached hydrogen (secondary N) is 1. The minimum absolute atomic E-state index is 0.150. The molecule has 1 amide bonds. The Hall–Kier alpha value is -3.22. The van der Waals surface area contributed by atoms with Gasteiger partial charge in [0.05, 0.1) is 18.5 Å². The van der Waals surface area contributed by atoms with Crippen LogP contribution in [0.15, 0.2) is 53.3 Å². The molecule has 0 aliphatic carbocycles. The van der Waals surface area contributed by atoms with Gasteiger partial charge in [0.25, 0.3) is 5.56 Å². The van der Waals surface area contributed by atoms with Crippen molar-refractivity contribution in [1.82, 2.24) is 20.3 Å². The minimum atomic E-state index is -0.244. The van der Waals surface area contributed by atoms with Gasteiger partial charge in [-0.15, -0.1) is 5.10 Å². The molecule has 2 aromatic carbocycles. The van der Waals surface area contributed by atoms with Crippen molar-refractivity contribution in [3.8, 4) is 5.75 Å². The topological polar surface area (TPSA) is 86.1 Å². The van der Waals surface area contributed by atoms with E-state index in [4.69, 9.17) is 4.74 Å². The number of aryl methyl sites for hydroxylation is 2. The number of amides is 1. The first kappa shape index (κ1) is 17.6. The van der Waals surface area contributed by atoms with Gasteiger partial charge in [-0.2, -0.15) is 0 Å². The van der Waals surface area contributed by atoms with E-state index in [2.05, 4.69) is 15.6 Å². The van der Waals surface area contributed by atoms with Gasteiger partial charge in [0.2, 0.25) is 5.91 Å². The summed E-state index contributed by atoms with van der Waals surface area (Å²) in [5, 5.41) is 11.1. The Morgan fingerprint density at radius 2 is 2.04 bits per heavy atom. The van der Waals surface area contributed by atoms with Crippen LogP contribution in [0, 0.1) is 6.92 Å². The van der Waals surface area contributed by atoms with Crippen LogP contribution in [-0.2, 0) is 11.3 Å². The quantitative estimate of drug-likeness (QED) is 0.654. The predicted molar refractivity (Wildman–Crippen MR) is 98.1 cm³/mol. The summed E-state index contributed by atoms with van der Waals surface area (Å²) in [4.78, 5) is 24.2. The van der Waals surface area contributed by atoms with E-state index in [0.717, 1.165) is 11.3 Å². The fraction of sp³-hybridized carbons (Fsp3) is 0.263. The summed E-state index contributed by atoms with van der Waals surface area (Å²) in [5.74, 6) is 0.608. The van der Waals surface area contributed by atoms with Crippen LogP contribution < -0.4 is 15.6 Å². The van der Waals surface area contributed by atoms with Crippen molar-refractivity contribution in [2.75, 3.05) is 13.2 Å². The zero-order valence-corrected chi connectivity index (χ0v) is 14.5. The maximum absolute atomic E-state index is 12.3. The van der Waals surface area contributed by atoms with Crippen LogP contribution in [0.25, 0.3) is 10.9 Å². The van der Waals surface area contributed by atoms with Gasteiger partial charge in [-0.25, -0.2) is 4.68 Å². The number of benzene rings is 2. The Bertz CT molecular complexity index is 968. The molecule has 0 bridgehead atoms. The minimum Gasteiger partial charge on any atom is -0.492 e. The summed E-state index contributed by atoms with van der Waals surface area (Å²) in [6.07, 6.45) is 0.150. The average molecular weight is 352 g/mol. The maximum atomic E-state index is 12.3. The third-order valence-electron chi connectivity index (χ3n) is 3.86. The molecule has 3 rings (SSSR count). The highest BCUT2D eigenvalue weighted by Gasteiger charge is 2.07. The third kappa shape index (κ3) is 4.44. The van der Waals surface area contributed by atoms with Crippen LogP contribution >= 0.6 is 0 Å². The molecule has 0 aliphatic heterocycles. The number of rotatable bonds is 7. The largest absolute Gasteiger partial charge is 0.492 e. The molecule has 7 heteroatoms. The first-order valence-corrected chi connectivity index (χ1v) is 8.42. The molecular formula is C19H20N4O3. The SMILES string of the molecule is Cc1cccc(OCCNC(=O)CCn2nnc3ccccc3c2=O)c1. The number of carbonyl (C=O) groups is 1. The highest BCUT2D eigenvalue weighted by Crippen LogP contribution is 2.11. The van der Waals surface area contributed by atoms with E-state index in [1.54, 1.807) is 24.3 Å². The van der Waals surface area contributed by atoms with Crippen LogP contribution in [0.1, 0.15) is 12.0 Å². The van der Waals surface area contributed by atoms with E-state index < -0.39 is 0 Å². The van der Waals surface area contributed by atoms with Crippen LogP contribution in [0.5, 0.6) is 5.75 Å². The summed E-state index contributed by atoms with van der Waals surface area (Å²) in [6, 6.07) is 14.7. The van der Waals surface area contributed by atoms with Crippen molar-refractivity contribution in [3.63, 3.8) is 0 Å². The Morgan fingerprint density at radius 3 is 2.88 bits per heavy atom. The molecule has 0 saturated heterocycles. The van der Waals surface area contributed by atoms with Gasteiger partial charge in [0.15, 0.2) is 0 Å². The lowest BCUT2D eigenvalue weighted by Gasteiger charge is -2.09. The second-order valence-corrected chi connectivity index (χ2v) is 5.90. The lowest BCUT2D eigenvalue weighted by molar-refractivity contribution is -0.121. The van der Waals surface area contributed by atoms with Gasteiger partial charge < -0.3 is 10.1 Å². The summed E-state index contributed by atoms with van der Waals surface area (Å²) in [6.45, 7) is 2.95. The fourth-order valence-corrected chi connectivity index (χ4v) is 2.53. The molecule has 0 atom stereocenters. The normalized spacial score (nSPS) is 10.7. The first-order valence-electron chi connectivity index (χ1n) is 8.42. The zero-order chi connectivity index (χ0) is 18.4. The number of carbonyl (C=O) groups excluding carboxylic acids is 1. The van der Waals surface area contributed by atoms with Crippen molar-refractivity contribution in [1.29, 1.82) is 0 Å². The van der Waals surface area contributed by atoms with E-state index in [9.17, 15) is 9.59 Å². The molecule has 26 heavy (non-hydrogen) atoms. The van der Waals surface area contributed by atoms with Gasteiger partial charge in [-0.3, -0.25) is 9.59 Å². The van der Waals surface area contributed by atoms with Gasteiger partial charge in [0, 0.05) is 6.42 Å². The molecule has 1 aromatic heterocycles. The van der Waals surface area contributed by atoms with E-state index in [-0.39, 0.29) is 24.4 Å². The van der Waals surface area contributed by atoms with Crippen molar-refractivity contribution in [2.24, 2.45) is 0 Å². The van der Waals surface area contributed by atoms with Gasteiger partial charge in [0.1, 0.15) is 17.9 Å². The molecule has 1 N–H and O–H groups in total. The molecule has 0 fully saturated rings. The Kier molecular flexibility index (Phi) is 5.58. The van der Waals surface area contributed by atoms with E-state index in [1.165, 1.54) is 4.68 Å². The van der Waals surface area contributed by atoms with Crippen molar-refractivity contribution in [2.45, 2.75) is 19.9 Å². The molecule has 1 heterocycles. The highest BCUT2D eigenvalue weighted by atomic mass is 16.5. The smallest absolute Gasteiger partial charge is 0.277 e. The van der Waals surface area contributed by atoms with Crippen LogP contribution in [0.3, 0.4) is 0 Å². The molecule has 0 radical (unpaired) electrons. The summed E-state index contributed by atoms with van der Waals surface area (Å²) >= 11 is 0. The molecule has 7 nitrogen and oxygen atoms in total. The predicted octanol–water partition coefficient (Wildman–Crippen LogP) is 1.69. The lowest BCUT2D eigenvalue weighted by Crippen LogP contribution is -2.31. The molecular weight excluding hydrogens is 332 g/mol. The Balaban J connectivity index is 1.46. The van der Waals surface area contributed by atoms with Crippen LogP contribution in [0.4, 0.5) is 0 Å². The molecule has 3 aromatic rings. The van der Waals surface area contributed by atoms with Crippen molar-refractivity contribution >= 4 is 16.8 Å². The lowest BCUT2D eigenvalue weighted by atomic mass is 10.2. The van der Waals surface area contributed by atoms with Crippen molar-refractivity contribution in [3.05, 3.63) is 64.4 Å². The van der Waals surface area contributed by atoms with Crippen LogP contribution in [0.2, 0.25) is 0 Å². The summed E-state index contributed by atoms with van der Waals surface area (Å²) < 4.78 is 6.79. The Morgan fingerprint density at radius 1 is 1.19 bits per heavy atom. The number of fused-ring (bicyclic) bond motifs is 1. The van der Waals surface area contributed by atoms with Gasteiger partial charge >= 0.3 is 0 Å². The van der Waals surface area contributed by atoms with E-state index in [1.807, 2.05) is 31.2 Å². The molecule has 0 aliphatic rings. The molecule has 0 unspecified atom stereocenters. The molecule has 134 valence electrons. The van der Waals surface area contributed by atoms with E-state index >= 15 is 0 Å². The molecule has 0 spiro atoms. The van der Waals surface area contributed by atoms with Gasteiger partial charge in [-0.05, 0) is 36.8 Å². The standard InChI is InChI=1S/C19H20N4O3/c1-14-5-4-6-15(13-14)26-12-10-20-18(24)9-11-23-19(25)16-7-2-3-8-17(16)21-22-23/h2-8,13H,9-12H2,1H3,(H,20,24).